The summed E-state index contributed by atoms with van der Waals surface area (Å²) in [7, 11) is 3.23. The number of ether oxygens (including phenoxy) is 1. The number of amides is 2. The number of rotatable bonds is 8. The highest BCUT2D eigenvalue weighted by Gasteiger charge is 2.51. The molecule has 4 atom stereocenters. The normalized spacial score (nSPS) is 24.5. The molecule has 7 heterocycles. The van der Waals surface area contributed by atoms with E-state index >= 15 is 17.6 Å². The van der Waals surface area contributed by atoms with Gasteiger partial charge in [0.1, 0.15) is 16.7 Å². The number of piperidine rings is 3. The fraction of sp³-hybridized carbons (Fsp3) is 0.500. The smallest absolute Gasteiger partial charge is 0.301 e. The summed E-state index contributed by atoms with van der Waals surface area (Å²) in [5.41, 5.74) is 2.19. The standard InChI is InChI=1S/C44H47ClF4N10O4/c1-56-32-9-5-25(17-29(32)36-38(42(56)62)63-21-44(48,49)39(53-36)23-3-4-23)51-40-30(45)18-50-43(54-40)59-16-13-24(31(46)20-59)19-58-14-11-22(12-15-58)26-6-7-27-35(55-57(2)37(27)34(26)47)28-8-10-33(60)52-41(28)61/h5-7,9,17-18,22-24,28,31,39,53H,3-4,8,10-16,19-21H2,1-2H3,(H,50,51,54)(H,52,60,61)/t24-,28?,31-,39-/m0/s1. The predicted octanol–water partition coefficient (Wildman–Crippen LogP) is 6.53. The van der Waals surface area contributed by atoms with Gasteiger partial charge in [0, 0.05) is 56.0 Å². The van der Waals surface area contributed by atoms with E-state index in [4.69, 9.17) is 16.3 Å². The second-order valence-electron chi connectivity index (χ2n) is 17.8. The van der Waals surface area contributed by atoms with E-state index in [1.54, 1.807) is 43.3 Å². The summed E-state index contributed by atoms with van der Waals surface area (Å²) in [5, 5.41) is 14.4. The first kappa shape index (κ1) is 41.5. The van der Waals surface area contributed by atoms with Crippen molar-refractivity contribution in [3.8, 4) is 5.75 Å². The summed E-state index contributed by atoms with van der Waals surface area (Å²) in [6.07, 6.45) is 4.17. The Labute approximate surface area is 364 Å². The molecule has 2 aromatic carbocycles. The van der Waals surface area contributed by atoms with E-state index in [2.05, 4.69) is 35.9 Å². The molecule has 3 saturated heterocycles. The molecule has 0 bridgehead atoms. The van der Waals surface area contributed by atoms with Crippen LogP contribution < -0.4 is 31.1 Å². The molecule has 332 valence electrons. The van der Waals surface area contributed by atoms with Gasteiger partial charge in [-0.3, -0.25) is 24.4 Å². The van der Waals surface area contributed by atoms with Crippen molar-refractivity contribution in [3.05, 3.63) is 69.0 Å². The van der Waals surface area contributed by atoms with E-state index in [-0.39, 0.29) is 64.7 Å². The van der Waals surface area contributed by atoms with Crippen LogP contribution in [-0.4, -0.2) is 98.5 Å². The lowest BCUT2D eigenvalue weighted by atomic mass is 9.86. The van der Waals surface area contributed by atoms with Crippen LogP contribution in [-0.2, 0) is 23.7 Å². The van der Waals surface area contributed by atoms with Gasteiger partial charge in [-0.05, 0) is 87.2 Å². The van der Waals surface area contributed by atoms with Crippen molar-refractivity contribution < 1.29 is 31.9 Å². The zero-order valence-electron chi connectivity index (χ0n) is 34.8. The zero-order valence-corrected chi connectivity index (χ0v) is 35.5. The number of nitrogens with zero attached hydrogens (tertiary/aromatic N) is 7. The van der Waals surface area contributed by atoms with E-state index in [1.807, 2.05) is 6.07 Å². The maximum absolute atomic E-state index is 16.2. The van der Waals surface area contributed by atoms with E-state index in [9.17, 15) is 14.4 Å². The molecule has 14 nitrogen and oxygen atoms in total. The van der Waals surface area contributed by atoms with E-state index in [1.165, 1.54) is 15.4 Å². The Morgan fingerprint density at radius 2 is 1.79 bits per heavy atom. The molecule has 1 aliphatic carbocycles. The first-order valence-electron chi connectivity index (χ1n) is 21.6. The Hall–Kier alpha value is -5.49. The van der Waals surface area contributed by atoms with Crippen molar-refractivity contribution in [2.75, 3.05) is 54.9 Å². The Kier molecular flexibility index (Phi) is 10.5. The van der Waals surface area contributed by atoms with Crippen molar-refractivity contribution in [1.29, 1.82) is 0 Å². The highest BCUT2D eigenvalue weighted by atomic mass is 35.5. The number of likely N-dealkylation sites (tertiary alicyclic amines) is 1. The molecule has 63 heavy (non-hydrogen) atoms. The largest absolute Gasteiger partial charge is 0.480 e. The minimum absolute atomic E-state index is 0.0240. The summed E-state index contributed by atoms with van der Waals surface area (Å²) in [5.74, 6) is -4.88. The van der Waals surface area contributed by atoms with Gasteiger partial charge in [-0.2, -0.15) is 10.1 Å². The first-order chi connectivity index (χ1) is 30.2. The lowest BCUT2D eigenvalue weighted by Gasteiger charge is -2.39. The first-order valence-corrected chi connectivity index (χ1v) is 22.0. The highest BCUT2D eigenvalue weighted by Crippen LogP contribution is 2.46. The number of hydrogen-bond donors (Lipinski definition) is 3. The van der Waals surface area contributed by atoms with Crippen molar-refractivity contribution in [3.63, 3.8) is 0 Å². The number of carbonyl (C=O) groups excluding carboxylic acids is 2. The molecule has 5 aromatic rings. The van der Waals surface area contributed by atoms with Gasteiger partial charge in [-0.1, -0.05) is 23.7 Å². The number of hydrogen-bond acceptors (Lipinski definition) is 11. The number of anilines is 4. The number of carbonyl (C=O) groups is 2. The van der Waals surface area contributed by atoms with Gasteiger partial charge < -0.3 is 29.7 Å². The van der Waals surface area contributed by atoms with E-state index < -0.39 is 42.1 Å². The summed E-state index contributed by atoms with van der Waals surface area (Å²) < 4.78 is 70.8. The van der Waals surface area contributed by atoms with Crippen molar-refractivity contribution >= 4 is 68.4 Å². The number of benzene rings is 2. The zero-order chi connectivity index (χ0) is 43.9. The molecule has 19 heteroatoms. The SMILES string of the molecule is Cn1nc(C2CCC(=O)NC2=O)c2ccc(C3CCN(C[C@@H]4CCN(c5ncc(Cl)c(Nc6ccc7c(c6)c6c(c(=O)n7C)OCC(F)(F)[C@H](C7CC7)N6)n5)C[C@@H]4F)CC3)c(F)c21. The van der Waals surface area contributed by atoms with E-state index in [0.717, 1.165) is 0 Å². The van der Waals surface area contributed by atoms with Crippen molar-refractivity contribution in [1.82, 2.24) is 34.5 Å². The molecule has 3 aromatic heterocycles. The third-order valence-electron chi connectivity index (χ3n) is 13.7. The molecule has 1 unspecified atom stereocenters. The molecule has 0 radical (unpaired) electrons. The molecule has 10 rings (SSSR count). The number of fused-ring (bicyclic) bond motifs is 4. The Morgan fingerprint density at radius 3 is 2.54 bits per heavy atom. The quantitative estimate of drug-likeness (QED) is 0.115. The van der Waals surface area contributed by atoms with Crippen LogP contribution in [0, 0.1) is 17.7 Å². The average Bonchev–Trinajstić information content (AvgIpc) is 4.06. The van der Waals surface area contributed by atoms with E-state index in [0.29, 0.717) is 109 Å². The Balaban J connectivity index is 0.784. The molecular formula is C44H47ClF4N10O4. The van der Waals surface area contributed by atoms with Gasteiger partial charge in [-0.25, -0.2) is 22.5 Å². The van der Waals surface area contributed by atoms with Crippen molar-refractivity contribution in [2.45, 2.75) is 74.9 Å². The summed E-state index contributed by atoms with van der Waals surface area (Å²) in [4.78, 5) is 50.7. The number of halogens is 5. The van der Waals surface area contributed by atoms with Gasteiger partial charge in [-0.15, -0.1) is 0 Å². The van der Waals surface area contributed by atoms with Crippen LogP contribution in [0.5, 0.6) is 5.75 Å². The Bertz CT molecular complexity index is 2720. The number of aryl methyl sites for hydroxylation is 2. The highest BCUT2D eigenvalue weighted by molar-refractivity contribution is 6.33. The maximum atomic E-state index is 16.2. The van der Waals surface area contributed by atoms with Gasteiger partial charge in [0.05, 0.1) is 41.6 Å². The molecule has 5 aliphatic rings. The number of pyridine rings is 1. The minimum atomic E-state index is -3.17. The lowest BCUT2D eigenvalue weighted by Crippen LogP contribution is -2.47. The molecule has 4 fully saturated rings. The van der Waals surface area contributed by atoms with Gasteiger partial charge in [0.2, 0.25) is 23.5 Å². The molecular weight excluding hydrogens is 844 g/mol. The van der Waals surface area contributed by atoms with Crippen LogP contribution in [0.3, 0.4) is 0 Å². The Morgan fingerprint density at radius 1 is 1.00 bits per heavy atom. The van der Waals surface area contributed by atoms with Crippen LogP contribution >= 0.6 is 11.6 Å². The minimum Gasteiger partial charge on any atom is -0.480 e. The summed E-state index contributed by atoms with van der Waals surface area (Å²) in [6, 6.07) is 7.65. The third-order valence-corrected chi connectivity index (χ3v) is 13.9. The summed E-state index contributed by atoms with van der Waals surface area (Å²) >= 11 is 6.57. The fourth-order valence-corrected chi connectivity index (χ4v) is 10.2. The fourth-order valence-electron chi connectivity index (χ4n) is 10.0. The van der Waals surface area contributed by atoms with Gasteiger partial charge >= 0.3 is 5.92 Å². The monoisotopic (exact) mass is 890 g/mol. The predicted molar refractivity (Wildman–Crippen MR) is 230 cm³/mol. The van der Waals surface area contributed by atoms with Crippen LogP contribution in [0.1, 0.15) is 68.0 Å². The maximum Gasteiger partial charge on any atom is 0.301 e. The molecule has 1 saturated carbocycles. The molecule has 4 aliphatic heterocycles. The number of aromatic nitrogens is 5. The number of imide groups is 1. The van der Waals surface area contributed by atoms with Crippen molar-refractivity contribution in [2.24, 2.45) is 25.9 Å². The van der Waals surface area contributed by atoms with Crippen LogP contribution in [0.25, 0.3) is 21.8 Å². The van der Waals surface area contributed by atoms with Gasteiger partial charge in [0.15, 0.2) is 18.2 Å². The number of nitrogens with one attached hydrogen (secondary N) is 3. The van der Waals surface area contributed by atoms with Gasteiger partial charge in [0.25, 0.3) is 5.56 Å². The summed E-state index contributed by atoms with van der Waals surface area (Å²) in [6.45, 7) is 1.69. The average molecular weight is 891 g/mol. The molecule has 3 N–H and O–H groups in total. The topological polar surface area (TPSA) is 152 Å². The second-order valence-corrected chi connectivity index (χ2v) is 18.2. The second kappa shape index (κ2) is 15.9. The third kappa shape index (κ3) is 7.61. The molecule has 2 amide bonds. The number of alkyl halides is 3. The molecule has 0 spiro atoms. The van der Waals surface area contributed by atoms with Crippen LogP contribution in [0.15, 0.2) is 41.3 Å². The lowest BCUT2D eigenvalue weighted by molar-refractivity contribution is -0.134. The van der Waals surface area contributed by atoms with Crippen LogP contribution in [0.2, 0.25) is 5.02 Å². The van der Waals surface area contributed by atoms with Crippen LogP contribution in [0.4, 0.5) is 40.7 Å².